The Morgan fingerprint density at radius 3 is 2.54 bits per heavy atom. The van der Waals surface area contributed by atoms with Gasteiger partial charge < -0.3 is 29.9 Å². The molecule has 0 bridgehead atoms. The van der Waals surface area contributed by atoms with E-state index in [1.165, 1.54) is 11.3 Å². The van der Waals surface area contributed by atoms with E-state index in [2.05, 4.69) is 61.8 Å². The SMILES string of the molecule is CCOCCOCCN1CCC2(CC1)CN(c1ccc(NC(=O)NCc3cccnc3)cc1)c1ccccc12. The molecule has 0 unspecified atom stereocenters. The summed E-state index contributed by atoms with van der Waals surface area (Å²) < 4.78 is 11.1. The van der Waals surface area contributed by atoms with Crippen LogP contribution >= 0.6 is 0 Å². The van der Waals surface area contributed by atoms with Gasteiger partial charge in [0.15, 0.2) is 0 Å². The van der Waals surface area contributed by atoms with Gasteiger partial charge in [-0.25, -0.2) is 4.79 Å². The molecule has 39 heavy (non-hydrogen) atoms. The lowest BCUT2D eigenvalue weighted by Crippen LogP contribution is -2.45. The second kappa shape index (κ2) is 13.1. The minimum Gasteiger partial charge on any atom is -0.379 e. The highest BCUT2D eigenvalue weighted by molar-refractivity contribution is 5.89. The fourth-order valence-corrected chi connectivity index (χ4v) is 5.64. The number of nitrogens with one attached hydrogen (secondary N) is 2. The lowest BCUT2D eigenvalue weighted by atomic mass is 9.74. The van der Waals surface area contributed by atoms with Crippen LogP contribution in [0.25, 0.3) is 0 Å². The second-order valence-corrected chi connectivity index (χ2v) is 10.3. The quantitative estimate of drug-likeness (QED) is 0.343. The summed E-state index contributed by atoms with van der Waals surface area (Å²) in [6.45, 7) is 9.37. The summed E-state index contributed by atoms with van der Waals surface area (Å²) in [6, 6.07) is 20.5. The molecule has 3 aromatic rings. The summed E-state index contributed by atoms with van der Waals surface area (Å²) in [5.41, 5.74) is 5.77. The molecule has 2 aliphatic rings. The van der Waals surface area contributed by atoms with Crippen LogP contribution in [0.2, 0.25) is 0 Å². The molecule has 5 rings (SSSR count). The first-order valence-corrected chi connectivity index (χ1v) is 14.0. The number of fused-ring (bicyclic) bond motifs is 2. The Hall–Kier alpha value is -3.46. The van der Waals surface area contributed by atoms with Gasteiger partial charge in [-0.2, -0.15) is 0 Å². The molecule has 8 nitrogen and oxygen atoms in total. The molecule has 2 aliphatic heterocycles. The minimum absolute atomic E-state index is 0.159. The van der Waals surface area contributed by atoms with Crippen molar-refractivity contribution in [1.29, 1.82) is 0 Å². The Labute approximate surface area is 231 Å². The molecule has 0 aliphatic carbocycles. The van der Waals surface area contributed by atoms with Crippen molar-refractivity contribution in [3.63, 3.8) is 0 Å². The number of nitrogens with zero attached hydrogens (tertiary/aromatic N) is 3. The van der Waals surface area contributed by atoms with E-state index >= 15 is 0 Å². The largest absolute Gasteiger partial charge is 0.379 e. The minimum atomic E-state index is -0.233. The van der Waals surface area contributed by atoms with Gasteiger partial charge in [0.25, 0.3) is 0 Å². The normalized spacial score (nSPS) is 16.3. The zero-order valence-electron chi connectivity index (χ0n) is 22.8. The molecule has 206 valence electrons. The van der Waals surface area contributed by atoms with E-state index in [9.17, 15) is 4.79 Å². The van der Waals surface area contributed by atoms with E-state index in [1.807, 2.05) is 31.2 Å². The van der Waals surface area contributed by atoms with Gasteiger partial charge in [0, 0.05) is 61.1 Å². The average Bonchev–Trinajstić information content (AvgIpc) is 3.29. The maximum absolute atomic E-state index is 12.4. The number of hydrogen-bond donors (Lipinski definition) is 2. The molecule has 1 aromatic heterocycles. The van der Waals surface area contributed by atoms with Gasteiger partial charge >= 0.3 is 6.03 Å². The Morgan fingerprint density at radius 1 is 0.974 bits per heavy atom. The van der Waals surface area contributed by atoms with Crippen molar-refractivity contribution < 1.29 is 14.3 Å². The van der Waals surface area contributed by atoms with Crippen LogP contribution in [0.3, 0.4) is 0 Å². The molecule has 1 saturated heterocycles. The van der Waals surface area contributed by atoms with Crippen LogP contribution in [-0.2, 0) is 21.4 Å². The highest BCUT2D eigenvalue weighted by Crippen LogP contribution is 2.49. The number of rotatable bonds is 11. The number of pyridine rings is 1. The Balaban J connectivity index is 1.16. The second-order valence-electron chi connectivity index (χ2n) is 10.3. The molecule has 8 heteroatoms. The average molecular weight is 530 g/mol. The molecule has 0 radical (unpaired) electrons. The van der Waals surface area contributed by atoms with Crippen LogP contribution in [0.5, 0.6) is 0 Å². The number of likely N-dealkylation sites (tertiary alicyclic amines) is 1. The van der Waals surface area contributed by atoms with Crippen molar-refractivity contribution >= 4 is 23.1 Å². The van der Waals surface area contributed by atoms with Gasteiger partial charge in [-0.3, -0.25) is 4.98 Å². The molecule has 0 saturated carbocycles. The molecule has 2 amide bonds. The summed E-state index contributed by atoms with van der Waals surface area (Å²) in [7, 11) is 0. The molecular formula is C31H39N5O3. The molecule has 2 aromatic carbocycles. The fourth-order valence-electron chi connectivity index (χ4n) is 5.64. The molecular weight excluding hydrogens is 490 g/mol. The number of para-hydroxylation sites is 1. The number of carbonyl (C=O) groups excluding carboxylic acids is 1. The number of aromatic nitrogens is 1. The van der Waals surface area contributed by atoms with Crippen LogP contribution in [0.4, 0.5) is 21.9 Å². The number of anilines is 3. The Kier molecular flexibility index (Phi) is 9.08. The molecule has 0 atom stereocenters. The van der Waals surface area contributed by atoms with Crippen LogP contribution in [-0.4, -0.2) is 68.5 Å². The monoisotopic (exact) mass is 529 g/mol. The van der Waals surface area contributed by atoms with Crippen molar-refractivity contribution in [3.05, 3.63) is 84.2 Å². The first-order valence-electron chi connectivity index (χ1n) is 14.0. The third-order valence-electron chi connectivity index (χ3n) is 7.78. The van der Waals surface area contributed by atoms with Gasteiger partial charge in [-0.1, -0.05) is 24.3 Å². The van der Waals surface area contributed by atoms with E-state index in [0.717, 1.165) is 69.2 Å². The third kappa shape index (κ3) is 6.76. The number of ether oxygens (including phenoxy) is 2. The summed E-state index contributed by atoms with van der Waals surface area (Å²) >= 11 is 0. The van der Waals surface area contributed by atoms with E-state index in [1.54, 1.807) is 12.4 Å². The van der Waals surface area contributed by atoms with Crippen LogP contribution < -0.4 is 15.5 Å². The summed E-state index contributed by atoms with van der Waals surface area (Å²) in [4.78, 5) is 21.4. The molecule has 1 fully saturated rings. The van der Waals surface area contributed by atoms with E-state index in [-0.39, 0.29) is 11.4 Å². The number of hydrogen-bond acceptors (Lipinski definition) is 6. The van der Waals surface area contributed by atoms with E-state index in [4.69, 9.17) is 9.47 Å². The zero-order valence-corrected chi connectivity index (χ0v) is 22.8. The van der Waals surface area contributed by atoms with Crippen molar-refractivity contribution in [2.75, 3.05) is 62.8 Å². The van der Waals surface area contributed by atoms with Crippen molar-refractivity contribution in [2.24, 2.45) is 0 Å². The highest BCUT2D eigenvalue weighted by Gasteiger charge is 2.44. The maximum Gasteiger partial charge on any atom is 0.319 e. The van der Waals surface area contributed by atoms with E-state index < -0.39 is 0 Å². The summed E-state index contributed by atoms with van der Waals surface area (Å²) in [5.74, 6) is 0. The predicted octanol–water partition coefficient (Wildman–Crippen LogP) is 4.94. The van der Waals surface area contributed by atoms with Crippen molar-refractivity contribution in [2.45, 2.75) is 31.7 Å². The summed E-state index contributed by atoms with van der Waals surface area (Å²) in [5, 5.41) is 5.81. The van der Waals surface area contributed by atoms with Crippen molar-refractivity contribution in [3.8, 4) is 0 Å². The molecule has 1 spiro atoms. The van der Waals surface area contributed by atoms with Gasteiger partial charge in [-0.15, -0.1) is 0 Å². The van der Waals surface area contributed by atoms with E-state index in [0.29, 0.717) is 19.8 Å². The summed E-state index contributed by atoms with van der Waals surface area (Å²) in [6.07, 6.45) is 5.74. The van der Waals surface area contributed by atoms with Gasteiger partial charge in [0.2, 0.25) is 0 Å². The van der Waals surface area contributed by atoms with Gasteiger partial charge in [0.05, 0.1) is 19.8 Å². The highest BCUT2D eigenvalue weighted by atomic mass is 16.5. The lowest BCUT2D eigenvalue weighted by Gasteiger charge is -2.40. The Morgan fingerprint density at radius 2 is 1.77 bits per heavy atom. The van der Waals surface area contributed by atoms with Gasteiger partial charge in [0.1, 0.15) is 0 Å². The topological polar surface area (TPSA) is 79.0 Å². The zero-order chi connectivity index (χ0) is 26.9. The number of benzene rings is 2. The fraction of sp³-hybridized carbons (Fsp3) is 0.419. The molecule has 2 N–H and O–H groups in total. The smallest absolute Gasteiger partial charge is 0.319 e. The predicted molar refractivity (Wildman–Crippen MR) is 155 cm³/mol. The number of carbonyl (C=O) groups is 1. The lowest BCUT2D eigenvalue weighted by molar-refractivity contribution is 0.0374. The van der Waals surface area contributed by atoms with Crippen LogP contribution in [0.15, 0.2) is 73.1 Å². The molecule has 3 heterocycles. The first kappa shape index (κ1) is 27.1. The number of amides is 2. The number of urea groups is 1. The Bertz CT molecular complexity index is 1200. The maximum atomic E-state index is 12.4. The van der Waals surface area contributed by atoms with Crippen LogP contribution in [0, 0.1) is 0 Å². The third-order valence-corrected chi connectivity index (χ3v) is 7.78. The van der Waals surface area contributed by atoms with Gasteiger partial charge in [-0.05, 0) is 80.4 Å². The van der Waals surface area contributed by atoms with Crippen molar-refractivity contribution in [1.82, 2.24) is 15.2 Å². The standard InChI is InChI=1S/C31H39N5O3/c1-2-38-20-21-39-19-18-35-16-13-31(14-17-35)24-36(29-8-4-3-7-28(29)31)27-11-9-26(10-12-27)34-30(37)33-23-25-6-5-15-32-22-25/h3-12,15,22H,2,13-14,16-21,23-24H2,1H3,(H2,33,34,37). The number of piperidine rings is 1. The van der Waals surface area contributed by atoms with Crippen LogP contribution in [0.1, 0.15) is 30.9 Å². The first-order chi connectivity index (χ1) is 19.2.